The predicted octanol–water partition coefficient (Wildman–Crippen LogP) is 1.96. The van der Waals surface area contributed by atoms with E-state index in [4.69, 9.17) is 16.3 Å². The second kappa shape index (κ2) is 6.29. The van der Waals surface area contributed by atoms with Gasteiger partial charge < -0.3 is 9.64 Å². The van der Waals surface area contributed by atoms with Gasteiger partial charge in [-0.05, 0) is 30.7 Å². The van der Waals surface area contributed by atoms with E-state index >= 15 is 0 Å². The molecular formula is C12H14ClN5O. The van der Waals surface area contributed by atoms with Crippen LogP contribution in [0.2, 0.25) is 5.28 Å². The third kappa shape index (κ3) is 3.51. The summed E-state index contributed by atoms with van der Waals surface area (Å²) in [5.74, 6) is 0.477. The number of ether oxygens (including phenoxy) is 1. The lowest BCUT2D eigenvalue weighted by Crippen LogP contribution is -2.25. The Kier molecular flexibility index (Phi) is 4.46. The SMILES string of the molecule is CCN(Cc1ccccn1)c1nc(Cl)nc(OC)n1. The molecule has 0 radical (unpaired) electrons. The predicted molar refractivity (Wildman–Crippen MR) is 72.4 cm³/mol. The van der Waals surface area contributed by atoms with Gasteiger partial charge in [-0.2, -0.15) is 15.0 Å². The van der Waals surface area contributed by atoms with Crippen molar-refractivity contribution >= 4 is 17.5 Å². The quantitative estimate of drug-likeness (QED) is 0.834. The van der Waals surface area contributed by atoms with E-state index in [0.717, 1.165) is 12.2 Å². The molecular weight excluding hydrogens is 266 g/mol. The highest BCUT2D eigenvalue weighted by molar-refractivity contribution is 6.28. The lowest BCUT2D eigenvalue weighted by Gasteiger charge is -2.20. The van der Waals surface area contributed by atoms with Gasteiger partial charge in [-0.1, -0.05) is 6.07 Å². The molecule has 0 spiro atoms. The van der Waals surface area contributed by atoms with E-state index in [1.165, 1.54) is 7.11 Å². The summed E-state index contributed by atoms with van der Waals surface area (Å²) in [6, 6.07) is 5.97. The Bertz CT molecular complexity index is 537. The normalized spacial score (nSPS) is 10.3. The maximum Gasteiger partial charge on any atom is 0.322 e. The standard InChI is InChI=1S/C12H14ClN5O/c1-3-18(8-9-6-4-5-7-14-9)11-15-10(13)16-12(17-11)19-2/h4-7H,3,8H2,1-2H3. The zero-order valence-corrected chi connectivity index (χ0v) is 11.5. The third-order valence-corrected chi connectivity index (χ3v) is 2.67. The van der Waals surface area contributed by atoms with Crippen molar-refractivity contribution in [1.82, 2.24) is 19.9 Å². The summed E-state index contributed by atoms with van der Waals surface area (Å²) in [5, 5.41) is 0.112. The first-order chi connectivity index (χ1) is 9.22. The summed E-state index contributed by atoms with van der Waals surface area (Å²) in [7, 11) is 1.49. The van der Waals surface area contributed by atoms with Crippen molar-refractivity contribution in [3.8, 4) is 6.01 Å². The van der Waals surface area contributed by atoms with E-state index < -0.39 is 0 Å². The Labute approximate surface area is 116 Å². The largest absolute Gasteiger partial charge is 0.467 e. The van der Waals surface area contributed by atoms with E-state index in [2.05, 4.69) is 19.9 Å². The number of methoxy groups -OCH3 is 1. The zero-order chi connectivity index (χ0) is 13.7. The van der Waals surface area contributed by atoms with Crippen LogP contribution in [-0.2, 0) is 6.54 Å². The number of halogens is 1. The first kappa shape index (κ1) is 13.5. The number of hydrogen-bond donors (Lipinski definition) is 0. The molecule has 100 valence electrons. The number of aromatic nitrogens is 4. The molecule has 0 bridgehead atoms. The van der Waals surface area contributed by atoms with Crippen LogP contribution >= 0.6 is 11.6 Å². The Morgan fingerprint density at radius 1 is 1.26 bits per heavy atom. The van der Waals surface area contributed by atoms with Gasteiger partial charge >= 0.3 is 6.01 Å². The van der Waals surface area contributed by atoms with Gasteiger partial charge in [0.2, 0.25) is 11.2 Å². The molecule has 0 aliphatic carbocycles. The fraction of sp³-hybridized carbons (Fsp3) is 0.333. The van der Waals surface area contributed by atoms with Crippen LogP contribution in [0.1, 0.15) is 12.6 Å². The fourth-order valence-electron chi connectivity index (χ4n) is 1.57. The molecule has 0 atom stereocenters. The maximum absolute atomic E-state index is 5.85. The highest BCUT2D eigenvalue weighted by Crippen LogP contribution is 2.16. The van der Waals surface area contributed by atoms with E-state index in [9.17, 15) is 0 Å². The molecule has 0 saturated carbocycles. The van der Waals surface area contributed by atoms with E-state index in [1.54, 1.807) is 6.20 Å². The molecule has 2 aromatic heterocycles. The minimum Gasteiger partial charge on any atom is -0.467 e. The molecule has 2 heterocycles. The van der Waals surface area contributed by atoms with Gasteiger partial charge in [0.1, 0.15) is 0 Å². The molecule has 0 amide bonds. The van der Waals surface area contributed by atoms with E-state index in [0.29, 0.717) is 12.5 Å². The van der Waals surface area contributed by atoms with Crippen LogP contribution in [0.25, 0.3) is 0 Å². The average Bonchev–Trinajstić information content (AvgIpc) is 2.45. The van der Waals surface area contributed by atoms with Crippen molar-refractivity contribution in [3.63, 3.8) is 0 Å². The Morgan fingerprint density at radius 2 is 2.11 bits per heavy atom. The summed E-state index contributed by atoms with van der Waals surface area (Å²) < 4.78 is 4.99. The van der Waals surface area contributed by atoms with Crippen molar-refractivity contribution in [2.24, 2.45) is 0 Å². The summed E-state index contributed by atoms with van der Waals surface area (Å²) >= 11 is 5.85. The van der Waals surface area contributed by atoms with Gasteiger partial charge in [-0.25, -0.2) is 0 Å². The average molecular weight is 280 g/mol. The molecule has 7 heteroatoms. The second-order valence-electron chi connectivity index (χ2n) is 3.73. The smallest absolute Gasteiger partial charge is 0.322 e. The van der Waals surface area contributed by atoms with Crippen molar-refractivity contribution < 1.29 is 4.74 Å². The molecule has 0 aliphatic rings. The van der Waals surface area contributed by atoms with Crippen LogP contribution in [-0.4, -0.2) is 33.6 Å². The summed E-state index contributed by atoms with van der Waals surface area (Å²) in [6.45, 7) is 3.33. The molecule has 0 saturated heterocycles. The van der Waals surface area contributed by atoms with Gasteiger partial charge in [0.25, 0.3) is 0 Å². The van der Waals surface area contributed by atoms with Gasteiger partial charge in [-0.3, -0.25) is 4.98 Å². The van der Waals surface area contributed by atoms with Crippen LogP contribution in [0.15, 0.2) is 24.4 Å². The number of rotatable bonds is 5. The first-order valence-corrected chi connectivity index (χ1v) is 6.21. The van der Waals surface area contributed by atoms with Crippen molar-refractivity contribution in [2.75, 3.05) is 18.6 Å². The van der Waals surface area contributed by atoms with Crippen molar-refractivity contribution in [1.29, 1.82) is 0 Å². The molecule has 2 rings (SSSR count). The molecule has 0 aromatic carbocycles. The van der Waals surface area contributed by atoms with Crippen LogP contribution in [0.5, 0.6) is 6.01 Å². The zero-order valence-electron chi connectivity index (χ0n) is 10.7. The summed E-state index contributed by atoms with van der Waals surface area (Å²) in [6.07, 6.45) is 1.75. The molecule has 0 N–H and O–H groups in total. The van der Waals surface area contributed by atoms with Gasteiger partial charge in [0.05, 0.1) is 19.3 Å². The molecule has 19 heavy (non-hydrogen) atoms. The first-order valence-electron chi connectivity index (χ1n) is 5.83. The van der Waals surface area contributed by atoms with Crippen LogP contribution in [0.3, 0.4) is 0 Å². The highest BCUT2D eigenvalue weighted by atomic mass is 35.5. The minimum atomic E-state index is 0.112. The lowest BCUT2D eigenvalue weighted by atomic mass is 10.3. The fourth-order valence-corrected chi connectivity index (χ4v) is 1.71. The summed E-state index contributed by atoms with van der Waals surface area (Å²) in [5.41, 5.74) is 0.930. The molecule has 2 aromatic rings. The van der Waals surface area contributed by atoms with E-state index in [-0.39, 0.29) is 11.3 Å². The maximum atomic E-state index is 5.85. The molecule has 6 nitrogen and oxygen atoms in total. The topological polar surface area (TPSA) is 64.0 Å². The van der Waals surface area contributed by atoms with Crippen molar-refractivity contribution in [3.05, 3.63) is 35.4 Å². The number of pyridine rings is 1. The van der Waals surface area contributed by atoms with Gasteiger partial charge in [-0.15, -0.1) is 0 Å². The number of anilines is 1. The Morgan fingerprint density at radius 3 is 2.74 bits per heavy atom. The Balaban J connectivity index is 2.24. The molecule has 0 unspecified atom stereocenters. The number of hydrogen-bond acceptors (Lipinski definition) is 6. The van der Waals surface area contributed by atoms with Gasteiger partial charge in [0.15, 0.2) is 0 Å². The van der Waals surface area contributed by atoms with E-state index in [1.807, 2.05) is 30.0 Å². The minimum absolute atomic E-state index is 0.112. The van der Waals surface area contributed by atoms with Crippen LogP contribution in [0.4, 0.5) is 5.95 Å². The second-order valence-corrected chi connectivity index (χ2v) is 4.06. The Hall–Kier alpha value is -1.95. The van der Waals surface area contributed by atoms with Gasteiger partial charge in [0, 0.05) is 12.7 Å². The third-order valence-electron chi connectivity index (χ3n) is 2.50. The van der Waals surface area contributed by atoms with Crippen LogP contribution in [0, 0.1) is 0 Å². The van der Waals surface area contributed by atoms with Crippen LogP contribution < -0.4 is 9.64 Å². The lowest BCUT2D eigenvalue weighted by molar-refractivity contribution is 0.378. The number of nitrogens with zero attached hydrogens (tertiary/aromatic N) is 5. The highest BCUT2D eigenvalue weighted by Gasteiger charge is 2.12. The van der Waals surface area contributed by atoms with Crippen molar-refractivity contribution in [2.45, 2.75) is 13.5 Å². The summed E-state index contributed by atoms with van der Waals surface area (Å²) in [4.78, 5) is 18.4. The monoisotopic (exact) mass is 279 g/mol. The molecule has 0 aliphatic heterocycles. The molecule has 0 fully saturated rings.